The van der Waals surface area contributed by atoms with Gasteiger partial charge in [0.05, 0.1) is 0 Å². The molecule has 0 aromatic carbocycles. The number of imidazole rings is 1. The van der Waals surface area contributed by atoms with Gasteiger partial charge in [-0.15, -0.1) is 0 Å². The summed E-state index contributed by atoms with van der Waals surface area (Å²) in [5.74, 6) is 1.09. The van der Waals surface area contributed by atoms with Crippen molar-refractivity contribution in [2.75, 3.05) is 13.1 Å². The maximum Gasteiger partial charge on any atom is 0.262 e. The summed E-state index contributed by atoms with van der Waals surface area (Å²) >= 11 is 0. The number of sulfonamides is 1. The van der Waals surface area contributed by atoms with Gasteiger partial charge in [-0.2, -0.15) is 4.31 Å². The summed E-state index contributed by atoms with van der Waals surface area (Å²) < 4.78 is 28.9. The average Bonchev–Trinajstić information content (AvgIpc) is 2.86. The number of hydrogen-bond donors (Lipinski definition) is 1. The van der Waals surface area contributed by atoms with Gasteiger partial charge in [0.15, 0.2) is 5.03 Å². The van der Waals surface area contributed by atoms with Gasteiger partial charge >= 0.3 is 0 Å². The Morgan fingerprint density at radius 2 is 2.15 bits per heavy atom. The summed E-state index contributed by atoms with van der Waals surface area (Å²) in [5.41, 5.74) is 5.96. The molecule has 112 valence electrons. The Balaban J connectivity index is 1.86. The smallest absolute Gasteiger partial charge is 0.262 e. The van der Waals surface area contributed by atoms with E-state index in [2.05, 4.69) is 4.98 Å². The van der Waals surface area contributed by atoms with Crippen molar-refractivity contribution in [1.82, 2.24) is 13.9 Å². The molecule has 3 heterocycles. The molecule has 6 nitrogen and oxygen atoms in total. The normalized spacial score (nSPS) is 28.3. The first-order valence-corrected chi connectivity index (χ1v) is 8.74. The van der Waals surface area contributed by atoms with E-state index in [1.165, 1.54) is 4.31 Å². The summed E-state index contributed by atoms with van der Waals surface area (Å²) in [6.45, 7) is 3.87. The minimum Gasteiger partial charge on any atom is -0.333 e. The van der Waals surface area contributed by atoms with Gasteiger partial charge in [0.1, 0.15) is 5.82 Å². The predicted octanol–water partition coefficient (Wildman–Crippen LogP) is 0.577. The first-order chi connectivity index (χ1) is 9.48. The van der Waals surface area contributed by atoms with Crippen LogP contribution in [0.25, 0.3) is 0 Å². The Labute approximate surface area is 120 Å². The van der Waals surface area contributed by atoms with Crippen molar-refractivity contribution in [3.05, 3.63) is 12.0 Å². The van der Waals surface area contributed by atoms with Crippen LogP contribution in [0, 0.1) is 5.92 Å². The summed E-state index contributed by atoms with van der Waals surface area (Å²) in [6, 6.07) is 0.0941. The molecule has 2 N–H and O–H groups in total. The standard InChI is InChI=1S/C13H22N4O2S/c1-10-8-17(7-5-11(10)14)20(18,19)13-9-16-6-3-2-4-12(16)15-13/h9-11H,2-8,14H2,1H3. The molecule has 2 aliphatic rings. The quantitative estimate of drug-likeness (QED) is 0.866. The number of hydrogen-bond acceptors (Lipinski definition) is 4. The second kappa shape index (κ2) is 5.13. The van der Waals surface area contributed by atoms with Crippen LogP contribution in [0.4, 0.5) is 0 Å². The van der Waals surface area contributed by atoms with Crippen molar-refractivity contribution in [3.63, 3.8) is 0 Å². The number of aromatic nitrogens is 2. The summed E-state index contributed by atoms with van der Waals surface area (Å²) in [6.07, 6.45) is 5.47. The van der Waals surface area contributed by atoms with Crippen molar-refractivity contribution < 1.29 is 8.42 Å². The second-order valence-corrected chi connectivity index (χ2v) is 7.82. The maximum absolute atomic E-state index is 12.7. The molecule has 20 heavy (non-hydrogen) atoms. The van der Waals surface area contributed by atoms with Crippen LogP contribution in [0.15, 0.2) is 11.2 Å². The zero-order chi connectivity index (χ0) is 14.3. The predicted molar refractivity (Wildman–Crippen MR) is 75.7 cm³/mol. The molecule has 2 aliphatic heterocycles. The molecule has 1 aromatic rings. The van der Waals surface area contributed by atoms with Crippen LogP contribution >= 0.6 is 0 Å². The monoisotopic (exact) mass is 298 g/mol. The summed E-state index contributed by atoms with van der Waals surface area (Å²) in [7, 11) is -3.47. The van der Waals surface area contributed by atoms with Crippen molar-refractivity contribution in [1.29, 1.82) is 0 Å². The third kappa shape index (κ3) is 2.38. The molecule has 2 unspecified atom stereocenters. The SMILES string of the molecule is CC1CN(S(=O)(=O)c2cn3c(n2)CCCC3)CCC1N. The molecule has 0 bridgehead atoms. The lowest BCUT2D eigenvalue weighted by Crippen LogP contribution is -2.48. The Bertz CT molecular complexity index is 572. The van der Waals surface area contributed by atoms with E-state index in [0.717, 1.165) is 31.6 Å². The third-order valence-corrected chi connectivity index (χ3v) is 6.16. The Kier molecular flexibility index (Phi) is 3.60. The van der Waals surface area contributed by atoms with Crippen LogP contribution in [-0.4, -0.2) is 41.4 Å². The molecular weight excluding hydrogens is 276 g/mol. The van der Waals surface area contributed by atoms with Crippen molar-refractivity contribution in [2.24, 2.45) is 11.7 Å². The number of fused-ring (bicyclic) bond motifs is 1. The molecule has 0 aliphatic carbocycles. The van der Waals surface area contributed by atoms with Crippen LogP contribution in [-0.2, 0) is 23.0 Å². The molecule has 1 saturated heterocycles. The number of rotatable bonds is 2. The van der Waals surface area contributed by atoms with E-state index in [1.54, 1.807) is 6.20 Å². The number of nitrogens with zero attached hydrogens (tertiary/aromatic N) is 3. The number of piperidine rings is 1. The Morgan fingerprint density at radius 1 is 1.35 bits per heavy atom. The van der Waals surface area contributed by atoms with Crippen LogP contribution in [0.1, 0.15) is 32.0 Å². The van der Waals surface area contributed by atoms with Crippen LogP contribution in [0.3, 0.4) is 0 Å². The lowest BCUT2D eigenvalue weighted by atomic mass is 9.96. The molecule has 1 fully saturated rings. The molecule has 7 heteroatoms. The van der Waals surface area contributed by atoms with Crippen LogP contribution in [0.2, 0.25) is 0 Å². The van der Waals surface area contributed by atoms with Gasteiger partial charge in [0.25, 0.3) is 10.0 Å². The van der Waals surface area contributed by atoms with Crippen molar-refractivity contribution >= 4 is 10.0 Å². The summed E-state index contributed by atoms with van der Waals surface area (Å²) in [4.78, 5) is 4.34. The highest BCUT2D eigenvalue weighted by molar-refractivity contribution is 7.89. The van der Waals surface area contributed by atoms with Crippen molar-refractivity contribution in [2.45, 2.75) is 50.2 Å². The van der Waals surface area contributed by atoms with E-state index >= 15 is 0 Å². The fourth-order valence-electron chi connectivity index (χ4n) is 2.99. The fraction of sp³-hybridized carbons (Fsp3) is 0.769. The van der Waals surface area contributed by atoms with Gasteiger partial charge in [-0.1, -0.05) is 6.92 Å². The molecular formula is C13H22N4O2S. The fourth-order valence-corrected chi connectivity index (χ4v) is 4.51. The lowest BCUT2D eigenvalue weighted by molar-refractivity contribution is 0.249. The van der Waals surface area contributed by atoms with Gasteiger partial charge in [0, 0.05) is 38.3 Å². The van der Waals surface area contributed by atoms with Crippen LogP contribution in [0.5, 0.6) is 0 Å². The second-order valence-electron chi connectivity index (χ2n) is 5.94. The Hall–Kier alpha value is -0.920. The molecule has 0 spiro atoms. The largest absolute Gasteiger partial charge is 0.333 e. The minimum absolute atomic E-state index is 0.0941. The highest BCUT2D eigenvalue weighted by atomic mass is 32.2. The zero-order valence-corrected chi connectivity index (χ0v) is 12.6. The molecule has 2 atom stereocenters. The van der Waals surface area contributed by atoms with E-state index < -0.39 is 10.0 Å². The first kappa shape index (κ1) is 14.0. The molecule has 0 radical (unpaired) electrons. The highest BCUT2D eigenvalue weighted by Gasteiger charge is 2.34. The lowest BCUT2D eigenvalue weighted by Gasteiger charge is -2.33. The third-order valence-electron chi connectivity index (χ3n) is 4.43. The van der Waals surface area contributed by atoms with Gasteiger partial charge in [-0.25, -0.2) is 13.4 Å². The zero-order valence-electron chi connectivity index (χ0n) is 11.8. The number of nitrogens with two attached hydrogens (primary N) is 1. The molecule has 3 rings (SSSR count). The van der Waals surface area contributed by atoms with Gasteiger partial charge < -0.3 is 10.3 Å². The van der Waals surface area contributed by atoms with Crippen LogP contribution < -0.4 is 5.73 Å². The Morgan fingerprint density at radius 3 is 2.85 bits per heavy atom. The minimum atomic E-state index is -3.47. The van der Waals surface area contributed by atoms with E-state index in [-0.39, 0.29) is 17.0 Å². The van der Waals surface area contributed by atoms with E-state index in [9.17, 15) is 8.42 Å². The van der Waals surface area contributed by atoms with Crippen molar-refractivity contribution in [3.8, 4) is 0 Å². The average molecular weight is 298 g/mol. The van der Waals surface area contributed by atoms with E-state index in [1.807, 2.05) is 11.5 Å². The summed E-state index contributed by atoms with van der Waals surface area (Å²) in [5, 5.41) is 0.206. The van der Waals surface area contributed by atoms with E-state index in [4.69, 9.17) is 5.73 Å². The topological polar surface area (TPSA) is 81.2 Å². The van der Waals surface area contributed by atoms with E-state index in [0.29, 0.717) is 19.5 Å². The molecule has 0 saturated carbocycles. The maximum atomic E-state index is 12.7. The molecule has 1 aromatic heterocycles. The van der Waals surface area contributed by atoms with Gasteiger partial charge in [-0.3, -0.25) is 0 Å². The highest BCUT2D eigenvalue weighted by Crippen LogP contribution is 2.24. The van der Waals surface area contributed by atoms with Gasteiger partial charge in [-0.05, 0) is 25.2 Å². The molecule has 0 amide bonds. The van der Waals surface area contributed by atoms with Gasteiger partial charge in [0.2, 0.25) is 0 Å². The first-order valence-electron chi connectivity index (χ1n) is 7.30. The number of aryl methyl sites for hydroxylation is 2.